The second kappa shape index (κ2) is 5.88. The number of carbonyl (C=O) groups is 1. The first-order valence-corrected chi connectivity index (χ1v) is 7.07. The minimum absolute atomic E-state index is 0.0434. The molecule has 0 bridgehead atoms. The van der Waals surface area contributed by atoms with E-state index in [1.54, 1.807) is 18.2 Å². The summed E-state index contributed by atoms with van der Waals surface area (Å²) in [6.07, 6.45) is 0.831. The molecule has 0 fully saturated rings. The van der Waals surface area contributed by atoms with Crippen molar-refractivity contribution in [3.8, 4) is 22.5 Å². The highest BCUT2D eigenvalue weighted by Crippen LogP contribution is 2.31. The summed E-state index contributed by atoms with van der Waals surface area (Å²) < 4.78 is 1.93. The molecular formula is C18H14N2O3. The summed E-state index contributed by atoms with van der Waals surface area (Å²) in [5, 5.41) is 10.8. The highest BCUT2D eigenvalue weighted by Gasteiger charge is 2.15. The van der Waals surface area contributed by atoms with Crippen LogP contribution >= 0.6 is 0 Å². The van der Waals surface area contributed by atoms with E-state index in [0.717, 1.165) is 28.8 Å². The van der Waals surface area contributed by atoms with Crippen molar-refractivity contribution in [1.82, 2.24) is 4.57 Å². The number of nitro groups is 1. The van der Waals surface area contributed by atoms with Gasteiger partial charge in [-0.25, -0.2) is 0 Å². The Labute approximate surface area is 133 Å². The fraction of sp³-hybridized carbons (Fsp3) is 0.0556. The Morgan fingerprint density at radius 3 is 2.22 bits per heavy atom. The van der Waals surface area contributed by atoms with Crippen LogP contribution < -0.4 is 0 Å². The summed E-state index contributed by atoms with van der Waals surface area (Å²) in [5.74, 6) is 0. The molecule has 0 amide bonds. The molecule has 0 saturated carbocycles. The molecule has 0 spiro atoms. The molecule has 3 rings (SSSR count). The molecule has 0 atom stereocenters. The van der Waals surface area contributed by atoms with Crippen LogP contribution in [-0.4, -0.2) is 15.8 Å². The lowest BCUT2D eigenvalue weighted by Crippen LogP contribution is -1.96. The van der Waals surface area contributed by atoms with Gasteiger partial charge in [-0.15, -0.1) is 0 Å². The molecule has 0 radical (unpaired) electrons. The fourth-order valence-electron chi connectivity index (χ4n) is 2.70. The number of aldehydes is 1. The van der Waals surface area contributed by atoms with Gasteiger partial charge in [0.05, 0.1) is 10.6 Å². The molecule has 114 valence electrons. The van der Waals surface area contributed by atoms with Crippen LogP contribution in [0.1, 0.15) is 10.4 Å². The van der Waals surface area contributed by atoms with Crippen molar-refractivity contribution in [3.63, 3.8) is 0 Å². The Morgan fingerprint density at radius 2 is 1.65 bits per heavy atom. The van der Waals surface area contributed by atoms with Crippen molar-refractivity contribution in [3.05, 3.63) is 76.3 Å². The normalized spacial score (nSPS) is 10.5. The molecule has 5 nitrogen and oxygen atoms in total. The quantitative estimate of drug-likeness (QED) is 0.414. The van der Waals surface area contributed by atoms with Gasteiger partial charge in [-0.1, -0.05) is 30.3 Å². The minimum Gasteiger partial charge on any atom is -0.343 e. The van der Waals surface area contributed by atoms with E-state index in [1.165, 1.54) is 12.1 Å². The zero-order valence-corrected chi connectivity index (χ0v) is 12.5. The molecule has 1 heterocycles. The Bertz CT molecular complexity index is 865. The van der Waals surface area contributed by atoms with E-state index in [-0.39, 0.29) is 5.69 Å². The molecule has 0 aliphatic carbocycles. The molecule has 0 unspecified atom stereocenters. The van der Waals surface area contributed by atoms with Gasteiger partial charge in [-0.3, -0.25) is 14.9 Å². The first-order chi connectivity index (χ1) is 11.1. The Morgan fingerprint density at radius 1 is 1.00 bits per heavy atom. The number of hydrogen-bond acceptors (Lipinski definition) is 3. The van der Waals surface area contributed by atoms with E-state index in [2.05, 4.69) is 0 Å². The third-order valence-corrected chi connectivity index (χ3v) is 3.81. The van der Waals surface area contributed by atoms with Crippen molar-refractivity contribution >= 4 is 12.0 Å². The maximum Gasteiger partial charge on any atom is 0.269 e. The molecular weight excluding hydrogens is 292 g/mol. The van der Waals surface area contributed by atoms with E-state index in [0.29, 0.717) is 5.56 Å². The van der Waals surface area contributed by atoms with Gasteiger partial charge < -0.3 is 4.57 Å². The van der Waals surface area contributed by atoms with Gasteiger partial charge in [0.15, 0.2) is 6.29 Å². The van der Waals surface area contributed by atoms with Crippen molar-refractivity contribution in [1.29, 1.82) is 0 Å². The lowest BCUT2D eigenvalue weighted by Gasteiger charge is -2.08. The van der Waals surface area contributed by atoms with Crippen LogP contribution in [0.4, 0.5) is 5.69 Å². The molecule has 2 aromatic carbocycles. The average Bonchev–Trinajstić information content (AvgIpc) is 2.92. The van der Waals surface area contributed by atoms with Crippen molar-refractivity contribution in [2.75, 3.05) is 0 Å². The number of non-ortho nitro benzene ring substituents is 1. The largest absolute Gasteiger partial charge is 0.343 e. The molecule has 0 aliphatic heterocycles. The molecule has 5 heteroatoms. The topological polar surface area (TPSA) is 65.1 Å². The van der Waals surface area contributed by atoms with Crippen LogP contribution in [0.25, 0.3) is 22.5 Å². The Balaban J connectivity index is 2.13. The molecule has 0 saturated heterocycles. The zero-order valence-electron chi connectivity index (χ0n) is 12.5. The third kappa shape index (κ3) is 2.64. The van der Waals surface area contributed by atoms with Crippen molar-refractivity contribution in [2.24, 2.45) is 7.05 Å². The van der Waals surface area contributed by atoms with Crippen molar-refractivity contribution < 1.29 is 9.72 Å². The van der Waals surface area contributed by atoms with Crippen LogP contribution in [-0.2, 0) is 7.05 Å². The van der Waals surface area contributed by atoms with Crippen molar-refractivity contribution in [2.45, 2.75) is 0 Å². The van der Waals surface area contributed by atoms with E-state index >= 15 is 0 Å². The van der Waals surface area contributed by atoms with Gasteiger partial charge >= 0.3 is 0 Å². The summed E-state index contributed by atoms with van der Waals surface area (Å²) in [6, 6.07) is 17.8. The van der Waals surface area contributed by atoms with E-state index in [9.17, 15) is 14.9 Å². The van der Waals surface area contributed by atoms with Gasteiger partial charge in [0.1, 0.15) is 0 Å². The molecule has 23 heavy (non-hydrogen) atoms. The summed E-state index contributed by atoms with van der Waals surface area (Å²) in [4.78, 5) is 21.8. The van der Waals surface area contributed by atoms with E-state index in [1.807, 2.05) is 41.9 Å². The second-order valence-corrected chi connectivity index (χ2v) is 5.18. The van der Waals surface area contributed by atoms with Gasteiger partial charge in [0, 0.05) is 30.4 Å². The first kappa shape index (κ1) is 14.7. The smallest absolute Gasteiger partial charge is 0.269 e. The summed E-state index contributed by atoms with van der Waals surface area (Å²) in [5.41, 5.74) is 4.07. The van der Waals surface area contributed by atoms with Gasteiger partial charge in [-0.05, 0) is 29.3 Å². The van der Waals surface area contributed by atoms with Crippen LogP contribution in [0.5, 0.6) is 0 Å². The summed E-state index contributed by atoms with van der Waals surface area (Å²) in [6.45, 7) is 0. The van der Waals surface area contributed by atoms with Gasteiger partial charge in [0.25, 0.3) is 5.69 Å². The molecule has 1 aromatic heterocycles. The standard InChI is InChI=1S/C18H14N2O3/c1-19-17(13-7-9-16(10-8-13)20(22)23)11-15(12-21)18(19)14-5-3-2-4-6-14/h2-12H,1H3. The van der Waals surface area contributed by atoms with Crippen LogP contribution in [0, 0.1) is 10.1 Å². The average molecular weight is 306 g/mol. The van der Waals surface area contributed by atoms with E-state index < -0.39 is 4.92 Å². The van der Waals surface area contributed by atoms with Gasteiger partial charge in [-0.2, -0.15) is 0 Å². The number of aromatic nitrogens is 1. The minimum atomic E-state index is -0.430. The predicted molar refractivity (Wildman–Crippen MR) is 88.3 cm³/mol. The third-order valence-electron chi connectivity index (χ3n) is 3.81. The highest BCUT2D eigenvalue weighted by atomic mass is 16.6. The number of hydrogen-bond donors (Lipinski definition) is 0. The number of nitro benzene ring substituents is 1. The fourth-order valence-corrected chi connectivity index (χ4v) is 2.70. The number of rotatable bonds is 4. The van der Waals surface area contributed by atoms with E-state index in [4.69, 9.17) is 0 Å². The first-order valence-electron chi connectivity index (χ1n) is 7.07. The summed E-state index contributed by atoms with van der Waals surface area (Å²) in [7, 11) is 1.88. The highest BCUT2D eigenvalue weighted by molar-refractivity contribution is 5.90. The number of carbonyl (C=O) groups excluding carboxylic acids is 1. The second-order valence-electron chi connectivity index (χ2n) is 5.18. The molecule has 0 N–H and O–H groups in total. The van der Waals surface area contributed by atoms with Crippen LogP contribution in [0.3, 0.4) is 0 Å². The van der Waals surface area contributed by atoms with Gasteiger partial charge in [0.2, 0.25) is 0 Å². The maximum absolute atomic E-state index is 11.4. The summed E-state index contributed by atoms with van der Waals surface area (Å²) >= 11 is 0. The number of nitrogens with zero attached hydrogens (tertiary/aromatic N) is 2. The predicted octanol–water partition coefficient (Wildman–Crippen LogP) is 4.08. The SMILES string of the molecule is Cn1c(-c2ccc([N+](=O)[O-])cc2)cc(C=O)c1-c1ccccc1. The lowest BCUT2D eigenvalue weighted by molar-refractivity contribution is -0.384. The van der Waals surface area contributed by atoms with Crippen LogP contribution in [0.2, 0.25) is 0 Å². The molecule has 0 aliphatic rings. The Kier molecular flexibility index (Phi) is 3.76. The monoisotopic (exact) mass is 306 g/mol. The zero-order chi connectivity index (χ0) is 16.4. The molecule has 3 aromatic rings. The Hall–Kier alpha value is -3.21. The lowest BCUT2D eigenvalue weighted by atomic mass is 10.1. The van der Waals surface area contributed by atoms with Crippen LogP contribution in [0.15, 0.2) is 60.7 Å². The maximum atomic E-state index is 11.4. The number of benzene rings is 2.